The van der Waals surface area contributed by atoms with Gasteiger partial charge in [0.05, 0.1) is 0 Å². The summed E-state index contributed by atoms with van der Waals surface area (Å²) in [5, 5.41) is 0. The Balaban J connectivity index is 2.27. The minimum absolute atomic E-state index is 0.492. The van der Waals surface area contributed by atoms with Crippen molar-refractivity contribution in [3.05, 3.63) is 24.8 Å². The lowest BCUT2D eigenvalue weighted by Crippen LogP contribution is -2.23. The fourth-order valence-corrected chi connectivity index (χ4v) is 3.09. The van der Waals surface area contributed by atoms with E-state index in [9.17, 15) is 0 Å². The van der Waals surface area contributed by atoms with Gasteiger partial charge in [-0.2, -0.15) is 0 Å². The minimum atomic E-state index is 0.492. The fraction of sp³-hybridized carbons (Fsp3) is 0.667. The highest BCUT2D eigenvalue weighted by Gasteiger charge is 2.49. The summed E-state index contributed by atoms with van der Waals surface area (Å²) in [6.07, 6.45) is 9.51. The van der Waals surface area contributed by atoms with Crippen LogP contribution in [-0.4, -0.2) is 0 Å². The van der Waals surface area contributed by atoms with Crippen molar-refractivity contribution in [2.45, 2.75) is 26.7 Å². The van der Waals surface area contributed by atoms with Crippen LogP contribution in [0, 0.1) is 23.2 Å². The van der Waals surface area contributed by atoms with Gasteiger partial charge in [-0.3, -0.25) is 0 Å². The van der Waals surface area contributed by atoms with E-state index in [0.717, 1.165) is 17.8 Å². The van der Waals surface area contributed by atoms with Crippen LogP contribution in [0.1, 0.15) is 26.7 Å². The molecule has 2 bridgehead atoms. The Morgan fingerprint density at radius 1 is 1.58 bits per heavy atom. The highest BCUT2D eigenvalue weighted by atomic mass is 14.5. The Kier molecular flexibility index (Phi) is 1.67. The van der Waals surface area contributed by atoms with E-state index >= 15 is 0 Å². The molecule has 0 saturated heterocycles. The molecule has 0 N–H and O–H groups in total. The van der Waals surface area contributed by atoms with Crippen molar-refractivity contribution in [3.63, 3.8) is 0 Å². The lowest BCUT2D eigenvalue weighted by atomic mass is 9.73. The molecule has 2 aliphatic carbocycles. The Bertz CT molecular complexity index is 226. The number of allylic oxidation sites excluding steroid dienone is 3. The second-order valence-electron chi connectivity index (χ2n) is 4.60. The van der Waals surface area contributed by atoms with Crippen LogP contribution >= 0.6 is 0 Å². The molecule has 0 aromatic carbocycles. The Labute approximate surface area is 75.4 Å². The third-order valence-corrected chi connectivity index (χ3v) is 4.19. The van der Waals surface area contributed by atoms with E-state index < -0.39 is 0 Å². The average Bonchev–Trinajstić information content (AvgIpc) is 2.55. The molecular formula is C12H18. The number of fused-ring (bicyclic) bond motifs is 2. The maximum atomic E-state index is 3.86. The van der Waals surface area contributed by atoms with Gasteiger partial charge in [0.25, 0.3) is 0 Å². The van der Waals surface area contributed by atoms with Gasteiger partial charge < -0.3 is 0 Å². The molecule has 0 amide bonds. The summed E-state index contributed by atoms with van der Waals surface area (Å²) in [7, 11) is 0. The van der Waals surface area contributed by atoms with Crippen molar-refractivity contribution in [2.75, 3.05) is 0 Å². The van der Waals surface area contributed by atoms with Crippen molar-refractivity contribution >= 4 is 0 Å². The van der Waals surface area contributed by atoms with E-state index in [1.807, 2.05) is 0 Å². The van der Waals surface area contributed by atoms with Gasteiger partial charge in [-0.05, 0) is 36.0 Å². The average molecular weight is 162 g/mol. The van der Waals surface area contributed by atoms with Crippen molar-refractivity contribution in [2.24, 2.45) is 23.2 Å². The molecule has 0 nitrogen and oxygen atoms in total. The zero-order chi connectivity index (χ0) is 8.77. The molecule has 2 rings (SSSR count). The van der Waals surface area contributed by atoms with Crippen molar-refractivity contribution in [1.82, 2.24) is 0 Å². The quantitative estimate of drug-likeness (QED) is 0.546. The summed E-state index contributed by atoms with van der Waals surface area (Å²) in [5.74, 6) is 2.60. The maximum Gasteiger partial charge on any atom is -0.00497 e. The van der Waals surface area contributed by atoms with Gasteiger partial charge in [-0.15, -0.1) is 6.58 Å². The van der Waals surface area contributed by atoms with E-state index in [-0.39, 0.29) is 0 Å². The van der Waals surface area contributed by atoms with Crippen LogP contribution in [0.3, 0.4) is 0 Å². The van der Waals surface area contributed by atoms with Crippen LogP contribution in [0.2, 0.25) is 0 Å². The van der Waals surface area contributed by atoms with Gasteiger partial charge in [-0.1, -0.05) is 32.1 Å². The SMILES string of the molecule is C=CCC12C=CC(C1)C(C)C2C. The van der Waals surface area contributed by atoms with Crippen LogP contribution < -0.4 is 0 Å². The number of hydrogen-bond donors (Lipinski definition) is 0. The third kappa shape index (κ3) is 0.840. The van der Waals surface area contributed by atoms with Crippen LogP contribution in [0.4, 0.5) is 0 Å². The zero-order valence-electron chi connectivity index (χ0n) is 8.09. The summed E-state index contributed by atoms with van der Waals surface area (Å²) in [6.45, 7) is 8.65. The molecule has 4 atom stereocenters. The first kappa shape index (κ1) is 8.10. The number of rotatable bonds is 2. The van der Waals surface area contributed by atoms with Crippen LogP contribution in [-0.2, 0) is 0 Å². The molecule has 0 aliphatic heterocycles. The monoisotopic (exact) mass is 162 g/mol. The van der Waals surface area contributed by atoms with Crippen LogP contribution in [0.25, 0.3) is 0 Å². The van der Waals surface area contributed by atoms with Gasteiger partial charge in [0.15, 0.2) is 0 Å². The van der Waals surface area contributed by atoms with E-state index in [0.29, 0.717) is 5.41 Å². The summed E-state index contributed by atoms with van der Waals surface area (Å²) in [4.78, 5) is 0. The molecular weight excluding hydrogens is 144 g/mol. The first-order chi connectivity index (χ1) is 5.69. The summed E-state index contributed by atoms with van der Waals surface area (Å²) in [6, 6.07) is 0. The summed E-state index contributed by atoms with van der Waals surface area (Å²) < 4.78 is 0. The molecule has 0 radical (unpaired) electrons. The normalized spacial score (nSPS) is 50.0. The van der Waals surface area contributed by atoms with Gasteiger partial charge in [0.1, 0.15) is 0 Å². The molecule has 0 aromatic rings. The lowest BCUT2D eigenvalue weighted by molar-refractivity contribution is 0.256. The zero-order valence-corrected chi connectivity index (χ0v) is 8.09. The predicted octanol–water partition coefficient (Wildman–Crippen LogP) is 3.41. The minimum Gasteiger partial charge on any atom is -0.103 e. The Morgan fingerprint density at radius 2 is 2.33 bits per heavy atom. The molecule has 1 saturated carbocycles. The fourth-order valence-electron chi connectivity index (χ4n) is 3.09. The molecule has 12 heavy (non-hydrogen) atoms. The molecule has 4 unspecified atom stereocenters. The van der Waals surface area contributed by atoms with E-state index in [4.69, 9.17) is 0 Å². The largest absolute Gasteiger partial charge is 0.103 e. The third-order valence-electron chi connectivity index (χ3n) is 4.19. The van der Waals surface area contributed by atoms with Crippen LogP contribution in [0.5, 0.6) is 0 Å². The second kappa shape index (κ2) is 2.48. The standard InChI is InChI=1S/C12H18/c1-4-6-12-7-5-11(8-12)9(2)10(12)3/h4-5,7,9-11H,1,6,8H2,2-3H3. The Hall–Kier alpha value is -0.520. The molecule has 1 fully saturated rings. The van der Waals surface area contributed by atoms with E-state index in [1.165, 1.54) is 12.8 Å². The number of hydrogen-bond acceptors (Lipinski definition) is 0. The van der Waals surface area contributed by atoms with Crippen molar-refractivity contribution < 1.29 is 0 Å². The van der Waals surface area contributed by atoms with Crippen LogP contribution in [0.15, 0.2) is 24.8 Å². The molecule has 66 valence electrons. The molecule has 2 aliphatic rings. The highest BCUT2D eigenvalue weighted by molar-refractivity contribution is 5.21. The lowest BCUT2D eigenvalue weighted by Gasteiger charge is -2.31. The van der Waals surface area contributed by atoms with E-state index in [1.54, 1.807) is 0 Å². The molecule has 0 heterocycles. The van der Waals surface area contributed by atoms with Crippen molar-refractivity contribution in [3.8, 4) is 0 Å². The first-order valence-corrected chi connectivity index (χ1v) is 5.00. The molecule has 0 heteroatoms. The Morgan fingerprint density at radius 3 is 2.83 bits per heavy atom. The highest BCUT2D eigenvalue weighted by Crippen LogP contribution is 2.57. The summed E-state index contributed by atoms with van der Waals surface area (Å²) in [5.41, 5.74) is 0.492. The van der Waals surface area contributed by atoms with Gasteiger partial charge >= 0.3 is 0 Å². The van der Waals surface area contributed by atoms with Gasteiger partial charge in [-0.25, -0.2) is 0 Å². The maximum absolute atomic E-state index is 3.86. The van der Waals surface area contributed by atoms with Gasteiger partial charge in [0, 0.05) is 0 Å². The summed E-state index contributed by atoms with van der Waals surface area (Å²) >= 11 is 0. The van der Waals surface area contributed by atoms with Gasteiger partial charge in [0.2, 0.25) is 0 Å². The molecule has 0 spiro atoms. The first-order valence-electron chi connectivity index (χ1n) is 5.00. The predicted molar refractivity (Wildman–Crippen MR) is 52.8 cm³/mol. The second-order valence-corrected chi connectivity index (χ2v) is 4.60. The smallest absolute Gasteiger partial charge is 0.00497 e. The van der Waals surface area contributed by atoms with Crippen molar-refractivity contribution in [1.29, 1.82) is 0 Å². The van der Waals surface area contributed by atoms with E-state index in [2.05, 4.69) is 38.7 Å². The molecule has 0 aromatic heterocycles. The topological polar surface area (TPSA) is 0 Å².